The molecule has 1 fully saturated rings. The lowest BCUT2D eigenvalue weighted by atomic mass is 9.94. The lowest BCUT2D eigenvalue weighted by Gasteiger charge is -2.15. The van der Waals surface area contributed by atoms with Crippen molar-refractivity contribution >= 4 is 5.97 Å². The number of hydrogen-bond donors (Lipinski definition) is 1. The van der Waals surface area contributed by atoms with E-state index in [0.29, 0.717) is 24.5 Å². The first-order valence-electron chi connectivity index (χ1n) is 4.34. The number of halogens is 2. The van der Waals surface area contributed by atoms with Gasteiger partial charge in [-0.15, -0.1) is 0 Å². The van der Waals surface area contributed by atoms with Crippen LogP contribution in [0.4, 0.5) is 8.78 Å². The molecule has 0 aliphatic heterocycles. The van der Waals surface area contributed by atoms with Gasteiger partial charge in [-0.05, 0) is 31.8 Å². The number of carbonyl (C=O) groups is 1. The van der Waals surface area contributed by atoms with Gasteiger partial charge in [0, 0.05) is 0 Å². The van der Waals surface area contributed by atoms with Crippen molar-refractivity contribution < 1.29 is 18.7 Å². The molecule has 0 radical (unpaired) electrons. The maximum absolute atomic E-state index is 12.7. The van der Waals surface area contributed by atoms with Gasteiger partial charge >= 0.3 is 11.9 Å². The summed E-state index contributed by atoms with van der Waals surface area (Å²) in [6, 6.07) is 0. The van der Waals surface area contributed by atoms with E-state index in [0.717, 1.165) is 19.3 Å². The molecule has 1 aliphatic carbocycles. The van der Waals surface area contributed by atoms with Crippen LogP contribution in [-0.4, -0.2) is 17.0 Å². The van der Waals surface area contributed by atoms with E-state index in [9.17, 15) is 13.6 Å². The Morgan fingerprint density at radius 1 is 1.31 bits per heavy atom. The van der Waals surface area contributed by atoms with Gasteiger partial charge in [-0.1, -0.05) is 12.0 Å². The molecule has 0 amide bonds. The SMILES string of the molecule is O=C(O)C(F)(F)C=C1CCCCC1. The molecule has 1 N–H and O–H groups in total. The molecule has 0 aromatic rings. The number of allylic oxidation sites excluding steroid dienone is 1. The molecule has 1 rings (SSSR count). The summed E-state index contributed by atoms with van der Waals surface area (Å²) in [7, 11) is 0. The molecule has 0 unspecified atom stereocenters. The zero-order valence-electron chi connectivity index (χ0n) is 7.22. The van der Waals surface area contributed by atoms with Crippen molar-refractivity contribution in [3.8, 4) is 0 Å². The average Bonchev–Trinajstić information content (AvgIpc) is 2.05. The molecule has 1 aliphatic rings. The summed E-state index contributed by atoms with van der Waals surface area (Å²) in [4.78, 5) is 10.1. The van der Waals surface area contributed by atoms with Gasteiger partial charge in [0.25, 0.3) is 0 Å². The van der Waals surface area contributed by atoms with Gasteiger partial charge in [0.1, 0.15) is 0 Å². The van der Waals surface area contributed by atoms with Crippen molar-refractivity contribution in [1.29, 1.82) is 0 Å². The first kappa shape index (κ1) is 10.2. The van der Waals surface area contributed by atoms with E-state index in [4.69, 9.17) is 5.11 Å². The van der Waals surface area contributed by atoms with Crippen molar-refractivity contribution in [2.24, 2.45) is 0 Å². The maximum Gasteiger partial charge on any atom is 0.378 e. The molecule has 74 valence electrons. The van der Waals surface area contributed by atoms with Crippen molar-refractivity contribution in [2.75, 3.05) is 0 Å². The van der Waals surface area contributed by atoms with E-state index in [1.54, 1.807) is 0 Å². The zero-order valence-corrected chi connectivity index (χ0v) is 7.22. The molecule has 0 aromatic heterocycles. The Labute approximate surface area is 75.3 Å². The second-order valence-corrected chi connectivity index (χ2v) is 3.29. The highest BCUT2D eigenvalue weighted by Gasteiger charge is 2.36. The number of rotatable bonds is 2. The monoisotopic (exact) mass is 190 g/mol. The van der Waals surface area contributed by atoms with Crippen LogP contribution in [-0.2, 0) is 4.79 Å². The van der Waals surface area contributed by atoms with Crippen LogP contribution in [0.2, 0.25) is 0 Å². The summed E-state index contributed by atoms with van der Waals surface area (Å²) in [6.45, 7) is 0. The minimum absolute atomic E-state index is 0.582. The number of aliphatic carboxylic acids is 1. The number of alkyl halides is 2. The van der Waals surface area contributed by atoms with Crippen LogP contribution in [0, 0.1) is 0 Å². The predicted molar refractivity (Wildman–Crippen MR) is 43.8 cm³/mol. The molecular weight excluding hydrogens is 178 g/mol. The topological polar surface area (TPSA) is 37.3 Å². The smallest absolute Gasteiger partial charge is 0.378 e. The maximum atomic E-state index is 12.7. The summed E-state index contributed by atoms with van der Waals surface area (Å²) in [6.07, 6.45) is 4.67. The highest BCUT2D eigenvalue weighted by Crippen LogP contribution is 2.27. The second-order valence-electron chi connectivity index (χ2n) is 3.29. The molecule has 0 spiro atoms. The lowest BCUT2D eigenvalue weighted by Crippen LogP contribution is -2.26. The van der Waals surface area contributed by atoms with E-state index >= 15 is 0 Å². The predicted octanol–water partition coefficient (Wildman–Crippen LogP) is 2.60. The number of carboxylic acids is 1. The van der Waals surface area contributed by atoms with Crippen molar-refractivity contribution in [2.45, 2.75) is 38.0 Å². The molecule has 13 heavy (non-hydrogen) atoms. The molecule has 1 saturated carbocycles. The van der Waals surface area contributed by atoms with Crippen LogP contribution in [0.3, 0.4) is 0 Å². The van der Waals surface area contributed by atoms with Gasteiger partial charge in [-0.25, -0.2) is 4.79 Å². The fourth-order valence-electron chi connectivity index (χ4n) is 1.47. The average molecular weight is 190 g/mol. The van der Waals surface area contributed by atoms with Crippen molar-refractivity contribution in [3.05, 3.63) is 11.6 Å². The Kier molecular flexibility index (Phi) is 3.01. The van der Waals surface area contributed by atoms with Crippen LogP contribution in [0.25, 0.3) is 0 Å². The first-order valence-corrected chi connectivity index (χ1v) is 4.34. The standard InChI is InChI=1S/C9H12F2O2/c10-9(11,8(12)13)6-7-4-2-1-3-5-7/h6H,1-5H2,(H,12,13). The fraction of sp³-hybridized carbons (Fsp3) is 0.667. The summed E-state index contributed by atoms with van der Waals surface area (Å²) < 4.78 is 25.3. The van der Waals surface area contributed by atoms with Crippen LogP contribution in [0.1, 0.15) is 32.1 Å². The van der Waals surface area contributed by atoms with E-state index in [-0.39, 0.29) is 0 Å². The van der Waals surface area contributed by atoms with Gasteiger partial charge in [0.2, 0.25) is 0 Å². The Hall–Kier alpha value is -0.930. The molecule has 4 heteroatoms. The first-order chi connectivity index (χ1) is 6.02. The van der Waals surface area contributed by atoms with Gasteiger partial charge < -0.3 is 5.11 Å². The minimum atomic E-state index is -3.69. The van der Waals surface area contributed by atoms with E-state index < -0.39 is 11.9 Å². The summed E-state index contributed by atoms with van der Waals surface area (Å²) in [5, 5.41) is 8.18. The van der Waals surface area contributed by atoms with Crippen molar-refractivity contribution in [3.63, 3.8) is 0 Å². The molecule has 0 aromatic carbocycles. The Balaban J connectivity index is 2.67. The number of carboxylic acid groups (broad SMARTS) is 1. The Morgan fingerprint density at radius 2 is 1.85 bits per heavy atom. The van der Waals surface area contributed by atoms with E-state index in [1.807, 2.05) is 0 Å². The van der Waals surface area contributed by atoms with Crippen LogP contribution < -0.4 is 0 Å². The highest BCUT2D eigenvalue weighted by atomic mass is 19.3. The van der Waals surface area contributed by atoms with Gasteiger partial charge in [-0.3, -0.25) is 0 Å². The summed E-state index contributed by atoms with van der Waals surface area (Å²) in [5.74, 6) is -5.75. The molecule has 0 saturated heterocycles. The fourth-order valence-corrected chi connectivity index (χ4v) is 1.47. The lowest BCUT2D eigenvalue weighted by molar-refractivity contribution is -0.158. The summed E-state index contributed by atoms with van der Waals surface area (Å²) in [5.41, 5.74) is 0.582. The quantitative estimate of drug-likeness (QED) is 0.679. The molecule has 0 heterocycles. The van der Waals surface area contributed by atoms with Crippen LogP contribution in [0.15, 0.2) is 11.6 Å². The van der Waals surface area contributed by atoms with Crippen LogP contribution >= 0.6 is 0 Å². The van der Waals surface area contributed by atoms with Crippen LogP contribution in [0.5, 0.6) is 0 Å². The third-order valence-corrected chi connectivity index (χ3v) is 2.17. The van der Waals surface area contributed by atoms with Crippen molar-refractivity contribution in [1.82, 2.24) is 0 Å². The molecule has 2 nitrogen and oxygen atoms in total. The largest absolute Gasteiger partial charge is 0.477 e. The van der Waals surface area contributed by atoms with Gasteiger partial charge in [0.15, 0.2) is 0 Å². The highest BCUT2D eigenvalue weighted by molar-refractivity contribution is 5.77. The van der Waals surface area contributed by atoms with E-state index in [2.05, 4.69) is 0 Å². The Morgan fingerprint density at radius 3 is 2.31 bits per heavy atom. The third-order valence-electron chi connectivity index (χ3n) is 2.17. The summed E-state index contributed by atoms with van der Waals surface area (Å²) >= 11 is 0. The molecule has 0 bridgehead atoms. The zero-order chi connectivity index (χ0) is 9.90. The molecule has 0 atom stereocenters. The number of hydrogen-bond acceptors (Lipinski definition) is 1. The van der Waals surface area contributed by atoms with Gasteiger partial charge in [0.05, 0.1) is 0 Å². The second kappa shape index (κ2) is 3.85. The van der Waals surface area contributed by atoms with E-state index in [1.165, 1.54) is 0 Å². The minimum Gasteiger partial charge on any atom is -0.477 e. The molecular formula is C9H12F2O2. The Bertz CT molecular complexity index is 226. The van der Waals surface area contributed by atoms with Gasteiger partial charge in [-0.2, -0.15) is 8.78 Å². The third kappa shape index (κ3) is 2.79. The normalized spacial score (nSPS) is 18.5.